The lowest BCUT2D eigenvalue weighted by Crippen LogP contribution is -2.35. The highest BCUT2D eigenvalue weighted by Gasteiger charge is 2.37. The van der Waals surface area contributed by atoms with Crippen LogP contribution >= 0.6 is 0 Å². The van der Waals surface area contributed by atoms with Gasteiger partial charge in [-0.3, -0.25) is 4.68 Å². The molecule has 0 amide bonds. The van der Waals surface area contributed by atoms with E-state index >= 15 is 0 Å². The minimum atomic E-state index is -0.517. The number of nitrogens with zero attached hydrogens (tertiary/aromatic N) is 2. The first-order chi connectivity index (χ1) is 8.63. The van der Waals surface area contributed by atoms with Gasteiger partial charge in [0.15, 0.2) is 0 Å². The van der Waals surface area contributed by atoms with E-state index in [1.165, 1.54) is 6.07 Å². The second kappa shape index (κ2) is 3.92. The highest BCUT2D eigenvalue weighted by atomic mass is 19.1. The Morgan fingerprint density at radius 2 is 2.33 bits per heavy atom. The number of benzene rings is 1. The summed E-state index contributed by atoms with van der Waals surface area (Å²) in [7, 11) is 0. The van der Waals surface area contributed by atoms with E-state index in [-0.39, 0.29) is 5.82 Å². The molecule has 2 N–H and O–H groups in total. The number of halogens is 1. The fraction of sp³-hybridized carbons (Fsp3) is 0.357. The van der Waals surface area contributed by atoms with Gasteiger partial charge in [-0.25, -0.2) is 4.39 Å². The number of aryl methyl sites for hydroxylation is 2. The Morgan fingerprint density at radius 3 is 3.06 bits per heavy atom. The van der Waals surface area contributed by atoms with E-state index in [1.54, 1.807) is 12.1 Å². The molecule has 0 spiro atoms. The van der Waals surface area contributed by atoms with Gasteiger partial charge < -0.3 is 5.73 Å². The predicted molar refractivity (Wildman–Crippen MR) is 67.6 cm³/mol. The average Bonchev–Trinajstić information content (AvgIpc) is 2.95. The quantitative estimate of drug-likeness (QED) is 0.881. The lowest BCUT2D eigenvalue weighted by Gasteiger charge is -2.24. The lowest BCUT2D eigenvalue weighted by molar-refractivity contribution is 0.533. The van der Waals surface area contributed by atoms with E-state index in [9.17, 15) is 4.39 Å². The van der Waals surface area contributed by atoms with Crippen molar-refractivity contribution in [3.05, 3.63) is 53.1 Å². The lowest BCUT2D eigenvalue weighted by atomic mass is 9.87. The highest BCUT2D eigenvalue weighted by molar-refractivity contribution is 5.45. The molecule has 1 heterocycles. The molecule has 94 valence electrons. The van der Waals surface area contributed by atoms with E-state index < -0.39 is 5.54 Å². The first-order valence-electron chi connectivity index (χ1n) is 6.24. The van der Waals surface area contributed by atoms with Gasteiger partial charge in [-0.1, -0.05) is 6.07 Å². The molecule has 1 aromatic carbocycles. The molecule has 1 aliphatic carbocycles. The molecule has 0 radical (unpaired) electrons. The molecule has 0 fully saturated rings. The van der Waals surface area contributed by atoms with Crippen molar-refractivity contribution in [2.75, 3.05) is 0 Å². The largest absolute Gasteiger partial charge is 0.318 e. The summed E-state index contributed by atoms with van der Waals surface area (Å²) in [6, 6.07) is 4.88. The Kier molecular flexibility index (Phi) is 2.48. The van der Waals surface area contributed by atoms with Crippen molar-refractivity contribution in [1.82, 2.24) is 9.78 Å². The third kappa shape index (κ3) is 1.56. The Hall–Kier alpha value is -1.68. The second-order valence-electron chi connectivity index (χ2n) is 4.86. The maximum atomic E-state index is 13.2. The topological polar surface area (TPSA) is 43.8 Å². The molecule has 3 rings (SSSR count). The zero-order chi connectivity index (χ0) is 12.8. The van der Waals surface area contributed by atoms with Gasteiger partial charge in [-0.2, -0.15) is 5.10 Å². The van der Waals surface area contributed by atoms with Crippen molar-refractivity contribution < 1.29 is 4.39 Å². The molecule has 1 aromatic heterocycles. The number of nitrogens with two attached hydrogens (primary N) is 1. The number of rotatable bonds is 2. The van der Waals surface area contributed by atoms with Crippen molar-refractivity contribution in [2.24, 2.45) is 5.73 Å². The highest BCUT2D eigenvalue weighted by Crippen LogP contribution is 2.39. The van der Waals surface area contributed by atoms with Gasteiger partial charge in [0.25, 0.3) is 0 Å². The molecule has 18 heavy (non-hydrogen) atoms. The van der Waals surface area contributed by atoms with Crippen LogP contribution < -0.4 is 5.73 Å². The number of fused-ring (bicyclic) bond motifs is 1. The van der Waals surface area contributed by atoms with E-state index in [0.29, 0.717) is 0 Å². The van der Waals surface area contributed by atoms with Crippen molar-refractivity contribution in [1.29, 1.82) is 0 Å². The first-order valence-corrected chi connectivity index (χ1v) is 6.24. The van der Waals surface area contributed by atoms with Gasteiger partial charge in [0, 0.05) is 18.3 Å². The van der Waals surface area contributed by atoms with Gasteiger partial charge in [-0.05, 0) is 43.0 Å². The van der Waals surface area contributed by atoms with Crippen molar-refractivity contribution >= 4 is 0 Å². The molecule has 1 atom stereocenters. The van der Waals surface area contributed by atoms with Gasteiger partial charge in [-0.15, -0.1) is 0 Å². The summed E-state index contributed by atoms with van der Waals surface area (Å²) in [6.07, 6.45) is 5.43. The smallest absolute Gasteiger partial charge is 0.123 e. The number of hydrogen-bond acceptors (Lipinski definition) is 2. The van der Waals surface area contributed by atoms with Crippen LogP contribution in [0.1, 0.15) is 30.0 Å². The van der Waals surface area contributed by atoms with Crippen LogP contribution in [0.25, 0.3) is 0 Å². The van der Waals surface area contributed by atoms with Crippen molar-refractivity contribution in [2.45, 2.75) is 31.8 Å². The van der Waals surface area contributed by atoms with Crippen LogP contribution in [0, 0.1) is 5.82 Å². The molecule has 0 aliphatic heterocycles. The predicted octanol–water partition coefficient (Wildman–Crippen LogP) is 2.19. The minimum Gasteiger partial charge on any atom is -0.318 e. The molecule has 0 bridgehead atoms. The third-order valence-electron chi connectivity index (χ3n) is 3.81. The van der Waals surface area contributed by atoms with Crippen LogP contribution in [-0.2, 0) is 18.5 Å². The molecule has 0 saturated heterocycles. The second-order valence-corrected chi connectivity index (χ2v) is 4.86. The van der Waals surface area contributed by atoms with Crippen LogP contribution in [0.15, 0.2) is 30.6 Å². The number of hydrogen-bond donors (Lipinski definition) is 1. The summed E-state index contributed by atoms with van der Waals surface area (Å²) >= 11 is 0. The zero-order valence-corrected chi connectivity index (χ0v) is 10.4. The third-order valence-corrected chi connectivity index (χ3v) is 3.81. The summed E-state index contributed by atoms with van der Waals surface area (Å²) in [5, 5.41) is 4.28. The van der Waals surface area contributed by atoms with Crippen LogP contribution in [0.2, 0.25) is 0 Å². The molecule has 1 unspecified atom stereocenters. The van der Waals surface area contributed by atoms with Gasteiger partial charge in [0.2, 0.25) is 0 Å². The Bertz CT molecular complexity index is 590. The maximum absolute atomic E-state index is 13.2. The van der Waals surface area contributed by atoms with E-state index in [2.05, 4.69) is 5.10 Å². The Morgan fingerprint density at radius 1 is 1.50 bits per heavy atom. The van der Waals surface area contributed by atoms with E-state index in [4.69, 9.17) is 5.73 Å². The van der Waals surface area contributed by atoms with Gasteiger partial charge in [0.1, 0.15) is 5.82 Å². The summed E-state index contributed by atoms with van der Waals surface area (Å²) < 4.78 is 15.1. The summed E-state index contributed by atoms with van der Waals surface area (Å²) in [5.41, 5.74) is 9.07. The average molecular weight is 245 g/mol. The fourth-order valence-corrected chi connectivity index (χ4v) is 2.74. The van der Waals surface area contributed by atoms with Crippen LogP contribution in [-0.4, -0.2) is 9.78 Å². The molecule has 3 nitrogen and oxygen atoms in total. The van der Waals surface area contributed by atoms with Crippen molar-refractivity contribution in [3.63, 3.8) is 0 Å². The standard InChI is InChI=1S/C14H16FN3/c1-2-18-9-11(8-17-18)14(16)6-5-10-7-12(15)3-4-13(10)14/h3-4,7-9H,2,5-6,16H2,1H3. The minimum absolute atomic E-state index is 0.192. The Balaban J connectivity index is 2.08. The molecular weight excluding hydrogens is 229 g/mol. The Labute approximate surface area is 105 Å². The first kappa shape index (κ1) is 11.4. The van der Waals surface area contributed by atoms with Gasteiger partial charge in [0.05, 0.1) is 11.7 Å². The molecule has 1 aliphatic rings. The normalized spacial score (nSPS) is 22.2. The van der Waals surface area contributed by atoms with E-state index in [0.717, 1.165) is 36.1 Å². The molecular formula is C14H16FN3. The maximum Gasteiger partial charge on any atom is 0.123 e. The molecule has 0 saturated carbocycles. The van der Waals surface area contributed by atoms with Crippen molar-refractivity contribution in [3.8, 4) is 0 Å². The van der Waals surface area contributed by atoms with E-state index in [1.807, 2.05) is 24.0 Å². The summed E-state index contributed by atoms with van der Waals surface area (Å²) in [4.78, 5) is 0. The van der Waals surface area contributed by atoms with Gasteiger partial charge >= 0.3 is 0 Å². The number of aromatic nitrogens is 2. The SMILES string of the molecule is CCn1cc(C2(N)CCc3cc(F)ccc32)cn1. The summed E-state index contributed by atoms with van der Waals surface area (Å²) in [6.45, 7) is 2.87. The molecule has 4 heteroatoms. The fourth-order valence-electron chi connectivity index (χ4n) is 2.74. The molecule has 2 aromatic rings. The van der Waals surface area contributed by atoms with Crippen LogP contribution in [0.5, 0.6) is 0 Å². The monoisotopic (exact) mass is 245 g/mol. The summed E-state index contributed by atoms with van der Waals surface area (Å²) in [5.74, 6) is -0.192. The van der Waals surface area contributed by atoms with Crippen LogP contribution in [0.3, 0.4) is 0 Å². The zero-order valence-electron chi connectivity index (χ0n) is 10.4. The van der Waals surface area contributed by atoms with Crippen LogP contribution in [0.4, 0.5) is 4.39 Å².